The van der Waals surface area contributed by atoms with E-state index in [-0.39, 0.29) is 23.8 Å². The molecule has 0 aromatic carbocycles. The number of nitrogens with zero attached hydrogens (tertiary/aromatic N) is 3. The molecule has 1 aliphatic carbocycles. The third kappa shape index (κ3) is 3.74. The Bertz CT molecular complexity index is 811. The molecule has 1 atom stereocenters. The lowest BCUT2D eigenvalue weighted by Crippen LogP contribution is -2.56. The number of hydrogen-bond donors (Lipinski definition) is 1. The molecule has 1 unspecified atom stereocenters. The number of carbonyl (C=O) groups is 3. The number of piperidine rings is 1. The number of nitrogens with one attached hydrogen (secondary N) is 1. The van der Waals surface area contributed by atoms with Gasteiger partial charge in [0.1, 0.15) is 5.54 Å². The van der Waals surface area contributed by atoms with Gasteiger partial charge < -0.3 is 10.2 Å². The Morgan fingerprint density at radius 1 is 1.23 bits per heavy atom. The van der Waals surface area contributed by atoms with Crippen LogP contribution in [0.2, 0.25) is 0 Å². The van der Waals surface area contributed by atoms with Crippen molar-refractivity contribution in [3.05, 3.63) is 16.1 Å². The summed E-state index contributed by atoms with van der Waals surface area (Å²) in [6, 6.07) is -0.284. The van der Waals surface area contributed by atoms with E-state index < -0.39 is 5.54 Å². The van der Waals surface area contributed by atoms with Gasteiger partial charge in [-0.1, -0.05) is 19.8 Å². The summed E-state index contributed by atoms with van der Waals surface area (Å²) in [4.78, 5) is 47.6. The number of imide groups is 1. The molecule has 1 aromatic heterocycles. The average Bonchev–Trinajstić information content (AvgIpc) is 3.48. The highest BCUT2D eigenvalue weighted by molar-refractivity contribution is 7.09. The second-order valence-electron chi connectivity index (χ2n) is 8.90. The zero-order valence-electron chi connectivity index (χ0n) is 18.0. The standard InChI is InChI=1S/C22H32N4O3S/c1-3-22(17-8-11-25(12-9-17)19(27)16-6-4-5-7-16)20(28)26(21(29)24-22)13-10-18-15(2)23-14-30-18/h14,16-17H,3-13H2,1-2H3,(H,24,29). The molecule has 0 spiro atoms. The minimum Gasteiger partial charge on any atom is -0.342 e. The maximum Gasteiger partial charge on any atom is 0.325 e. The molecule has 0 radical (unpaired) electrons. The van der Waals surface area contributed by atoms with Crippen LogP contribution in [-0.2, 0) is 16.0 Å². The van der Waals surface area contributed by atoms with E-state index in [4.69, 9.17) is 0 Å². The molecule has 1 N–H and O–H groups in total. The fourth-order valence-corrected chi connectivity index (χ4v) is 6.23. The first kappa shape index (κ1) is 21.3. The average molecular weight is 433 g/mol. The summed E-state index contributed by atoms with van der Waals surface area (Å²) in [5.74, 6) is 0.458. The van der Waals surface area contributed by atoms with E-state index in [2.05, 4.69) is 10.3 Å². The lowest BCUT2D eigenvalue weighted by atomic mass is 9.75. The Morgan fingerprint density at radius 2 is 1.93 bits per heavy atom. The fourth-order valence-electron chi connectivity index (χ4n) is 5.46. The van der Waals surface area contributed by atoms with Crippen LogP contribution in [0.1, 0.15) is 62.4 Å². The van der Waals surface area contributed by atoms with Gasteiger partial charge in [0, 0.05) is 36.9 Å². The SMILES string of the molecule is CCC1(C2CCN(C(=O)C3CCCC3)CC2)NC(=O)N(CCc2scnc2C)C1=O. The molecule has 2 aliphatic heterocycles. The predicted octanol–water partition coefficient (Wildman–Crippen LogP) is 3.12. The Labute approximate surface area is 182 Å². The van der Waals surface area contributed by atoms with Gasteiger partial charge in [0.05, 0.1) is 11.2 Å². The monoisotopic (exact) mass is 432 g/mol. The summed E-state index contributed by atoms with van der Waals surface area (Å²) >= 11 is 1.56. The van der Waals surface area contributed by atoms with Crippen molar-refractivity contribution in [3.63, 3.8) is 0 Å². The number of urea groups is 1. The number of aryl methyl sites for hydroxylation is 1. The number of rotatable bonds is 6. The van der Waals surface area contributed by atoms with Crippen LogP contribution < -0.4 is 5.32 Å². The topological polar surface area (TPSA) is 82.6 Å². The summed E-state index contributed by atoms with van der Waals surface area (Å²) < 4.78 is 0. The number of carbonyl (C=O) groups excluding carboxylic acids is 3. The fraction of sp³-hybridized carbons (Fsp3) is 0.727. The molecule has 2 saturated heterocycles. The van der Waals surface area contributed by atoms with Gasteiger partial charge >= 0.3 is 6.03 Å². The number of amides is 4. The van der Waals surface area contributed by atoms with Gasteiger partial charge in [-0.05, 0) is 44.9 Å². The van der Waals surface area contributed by atoms with Crippen molar-refractivity contribution >= 4 is 29.2 Å². The van der Waals surface area contributed by atoms with Crippen molar-refractivity contribution in [1.29, 1.82) is 0 Å². The van der Waals surface area contributed by atoms with E-state index in [1.165, 1.54) is 4.90 Å². The van der Waals surface area contributed by atoms with E-state index in [9.17, 15) is 14.4 Å². The molecule has 3 heterocycles. The van der Waals surface area contributed by atoms with Crippen LogP contribution in [0.4, 0.5) is 4.79 Å². The molecule has 1 aromatic rings. The Morgan fingerprint density at radius 3 is 2.53 bits per heavy atom. The molecule has 0 bridgehead atoms. The molecular weight excluding hydrogens is 400 g/mol. The van der Waals surface area contributed by atoms with Crippen LogP contribution in [0.3, 0.4) is 0 Å². The zero-order valence-corrected chi connectivity index (χ0v) is 18.8. The van der Waals surface area contributed by atoms with Gasteiger partial charge in [0.15, 0.2) is 0 Å². The first-order valence-electron chi connectivity index (χ1n) is 11.3. The number of aromatic nitrogens is 1. The van der Waals surface area contributed by atoms with Crippen molar-refractivity contribution in [3.8, 4) is 0 Å². The molecule has 8 heteroatoms. The van der Waals surface area contributed by atoms with Crippen LogP contribution in [0, 0.1) is 18.8 Å². The summed E-state index contributed by atoms with van der Waals surface area (Å²) in [5, 5.41) is 3.05. The number of thiazole rings is 1. The Hall–Kier alpha value is -1.96. The minimum absolute atomic E-state index is 0.0710. The predicted molar refractivity (Wildman–Crippen MR) is 115 cm³/mol. The third-order valence-electron chi connectivity index (χ3n) is 7.37. The lowest BCUT2D eigenvalue weighted by Gasteiger charge is -2.41. The van der Waals surface area contributed by atoms with Crippen LogP contribution in [0.5, 0.6) is 0 Å². The molecule has 1 saturated carbocycles. The van der Waals surface area contributed by atoms with Gasteiger partial charge in [0.2, 0.25) is 5.91 Å². The normalized spacial score (nSPS) is 25.9. The molecule has 3 fully saturated rings. The number of hydrogen-bond acceptors (Lipinski definition) is 5. The van der Waals surface area contributed by atoms with Crippen molar-refractivity contribution < 1.29 is 14.4 Å². The number of likely N-dealkylation sites (tertiary alicyclic amines) is 1. The van der Waals surface area contributed by atoms with Crippen LogP contribution in [-0.4, -0.2) is 57.8 Å². The highest BCUT2D eigenvalue weighted by atomic mass is 32.1. The maximum absolute atomic E-state index is 13.4. The Balaban J connectivity index is 1.39. The van der Waals surface area contributed by atoms with E-state index in [1.807, 2.05) is 18.7 Å². The van der Waals surface area contributed by atoms with Crippen molar-refractivity contribution in [1.82, 2.24) is 20.1 Å². The second-order valence-corrected chi connectivity index (χ2v) is 9.84. The summed E-state index contributed by atoms with van der Waals surface area (Å²) in [6.07, 6.45) is 7.09. The quantitative estimate of drug-likeness (QED) is 0.700. The van der Waals surface area contributed by atoms with E-state index in [1.54, 1.807) is 16.8 Å². The summed E-state index contributed by atoms with van der Waals surface area (Å²) in [6.45, 7) is 5.68. The molecule has 4 rings (SSSR count). The molecule has 164 valence electrons. The van der Waals surface area contributed by atoms with Gasteiger partial charge in [-0.15, -0.1) is 11.3 Å². The maximum atomic E-state index is 13.4. The molecular formula is C22H32N4O3S. The van der Waals surface area contributed by atoms with Crippen molar-refractivity contribution in [2.24, 2.45) is 11.8 Å². The molecule has 3 aliphatic rings. The van der Waals surface area contributed by atoms with Crippen molar-refractivity contribution in [2.45, 2.75) is 70.8 Å². The highest BCUT2D eigenvalue weighted by Gasteiger charge is 2.54. The van der Waals surface area contributed by atoms with Gasteiger partial charge in [-0.2, -0.15) is 0 Å². The van der Waals surface area contributed by atoms with E-state index in [0.717, 1.165) is 49.1 Å². The van der Waals surface area contributed by atoms with Gasteiger partial charge in [-0.3, -0.25) is 14.5 Å². The van der Waals surface area contributed by atoms with Gasteiger partial charge in [0.25, 0.3) is 5.91 Å². The zero-order chi connectivity index (χ0) is 21.3. The Kier molecular flexibility index (Phi) is 6.14. The van der Waals surface area contributed by atoms with E-state index >= 15 is 0 Å². The molecule has 30 heavy (non-hydrogen) atoms. The van der Waals surface area contributed by atoms with Crippen molar-refractivity contribution in [2.75, 3.05) is 19.6 Å². The third-order valence-corrected chi connectivity index (χ3v) is 8.37. The molecule has 4 amide bonds. The van der Waals surface area contributed by atoms with Gasteiger partial charge in [-0.25, -0.2) is 9.78 Å². The summed E-state index contributed by atoms with van der Waals surface area (Å²) in [7, 11) is 0. The highest BCUT2D eigenvalue weighted by Crippen LogP contribution is 2.37. The first-order chi connectivity index (χ1) is 14.5. The molecule has 7 nitrogen and oxygen atoms in total. The van der Waals surface area contributed by atoms with Crippen LogP contribution in [0.15, 0.2) is 5.51 Å². The largest absolute Gasteiger partial charge is 0.342 e. The summed E-state index contributed by atoms with van der Waals surface area (Å²) in [5.41, 5.74) is 1.93. The van der Waals surface area contributed by atoms with E-state index in [0.29, 0.717) is 38.4 Å². The lowest BCUT2D eigenvalue weighted by molar-refractivity contribution is -0.138. The van der Waals surface area contributed by atoms with Crippen LogP contribution >= 0.6 is 11.3 Å². The first-order valence-corrected chi connectivity index (χ1v) is 12.2. The smallest absolute Gasteiger partial charge is 0.325 e. The minimum atomic E-state index is -0.831. The second kappa shape index (κ2) is 8.65. The van der Waals surface area contributed by atoms with Crippen LogP contribution in [0.25, 0.3) is 0 Å².